The lowest BCUT2D eigenvalue weighted by molar-refractivity contribution is 0.0525. The van der Waals surface area contributed by atoms with Gasteiger partial charge in [-0.25, -0.2) is 13.2 Å². The topological polar surface area (TPSA) is 81.7 Å². The van der Waals surface area contributed by atoms with Crippen molar-refractivity contribution in [2.45, 2.75) is 18.7 Å². The number of sulfonamides is 1. The maximum absolute atomic E-state index is 12.8. The summed E-state index contributed by atoms with van der Waals surface area (Å²) in [6.45, 7) is 3.62. The zero-order chi connectivity index (χ0) is 20.9. The molecule has 0 aliphatic carbocycles. The van der Waals surface area contributed by atoms with Crippen LogP contribution in [0.25, 0.3) is 0 Å². The normalized spacial score (nSPS) is 11.0. The molecule has 0 saturated carbocycles. The van der Waals surface area contributed by atoms with E-state index in [1.807, 2.05) is 30.3 Å². The van der Waals surface area contributed by atoms with Gasteiger partial charge in [-0.05, 0) is 67.9 Å². The SMILES string of the molecule is CCOC(=O)c1cccc(NS(=O)(=O)c2ccc(Oc3ccccc3)cc2)c1C. The quantitative estimate of drug-likeness (QED) is 0.567. The van der Waals surface area contributed by atoms with Crippen molar-refractivity contribution in [3.63, 3.8) is 0 Å². The monoisotopic (exact) mass is 411 g/mol. The maximum Gasteiger partial charge on any atom is 0.338 e. The van der Waals surface area contributed by atoms with Gasteiger partial charge >= 0.3 is 5.97 Å². The van der Waals surface area contributed by atoms with Crippen LogP contribution in [0.2, 0.25) is 0 Å². The van der Waals surface area contributed by atoms with Crippen LogP contribution in [0.15, 0.2) is 77.7 Å². The van der Waals surface area contributed by atoms with E-state index in [0.29, 0.717) is 28.3 Å². The van der Waals surface area contributed by atoms with Crippen molar-refractivity contribution in [1.29, 1.82) is 0 Å². The standard InChI is InChI=1S/C22H21NO5S/c1-3-27-22(24)20-10-7-11-21(16(20)2)23-29(25,26)19-14-12-18(13-15-19)28-17-8-5-4-6-9-17/h4-15,23H,3H2,1-2H3. The third kappa shape index (κ3) is 4.94. The minimum Gasteiger partial charge on any atom is -0.462 e. The van der Waals surface area contributed by atoms with Crippen LogP contribution in [0.1, 0.15) is 22.8 Å². The fraction of sp³-hybridized carbons (Fsp3) is 0.136. The predicted octanol–water partition coefficient (Wildman–Crippen LogP) is 4.76. The van der Waals surface area contributed by atoms with E-state index in [0.717, 1.165) is 0 Å². The second-order valence-corrected chi connectivity index (χ2v) is 7.87. The lowest BCUT2D eigenvalue weighted by Gasteiger charge is -2.13. The molecule has 0 aliphatic heterocycles. The van der Waals surface area contributed by atoms with Crippen LogP contribution in [0.4, 0.5) is 5.69 Å². The molecule has 29 heavy (non-hydrogen) atoms. The average molecular weight is 411 g/mol. The summed E-state index contributed by atoms with van der Waals surface area (Å²) >= 11 is 0. The molecule has 0 atom stereocenters. The number of rotatable bonds is 7. The Bertz CT molecular complexity index is 1090. The first kappa shape index (κ1) is 20.4. The van der Waals surface area contributed by atoms with E-state index in [2.05, 4.69) is 4.72 Å². The fourth-order valence-corrected chi connectivity index (χ4v) is 3.81. The summed E-state index contributed by atoms with van der Waals surface area (Å²) in [5.74, 6) is 0.691. The first-order valence-electron chi connectivity index (χ1n) is 9.03. The van der Waals surface area contributed by atoms with Gasteiger partial charge in [-0.1, -0.05) is 24.3 Å². The zero-order valence-electron chi connectivity index (χ0n) is 16.1. The van der Waals surface area contributed by atoms with Crippen LogP contribution < -0.4 is 9.46 Å². The van der Waals surface area contributed by atoms with Gasteiger partial charge in [-0.15, -0.1) is 0 Å². The van der Waals surface area contributed by atoms with Crippen LogP contribution >= 0.6 is 0 Å². The highest BCUT2D eigenvalue weighted by Crippen LogP contribution is 2.26. The van der Waals surface area contributed by atoms with E-state index in [9.17, 15) is 13.2 Å². The van der Waals surface area contributed by atoms with Gasteiger partial charge < -0.3 is 9.47 Å². The van der Waals surface area contributed by atoms with Crippen LogP contribution in [0.5, 0.6) is 11.5 Å². The van der Waals surface area contributed by atoms with E-state index in [1.165, 1.54) is 12.1 Å². The summed E-state index contributed by atoms with van der Waals surface area (Å²) in [6, 6.07) is 20.1. The number of carbonyl (C=O) groups is 1. The second-order valence-electron chi connectivity index (χ2n) is 6.19. The molecule has 3 rings (SSSR count). The Hall–Kier alpha value is -3.32. The van der Waals surface area contributed by atoms with Gasteiger partial charge in [-0.2, -0.15) is 0 Å². The smallest absolute Gasteiger partial charge is 0.338 e. The zero-order valence-corrected chi connectivity index (χ0v) is 16.9. The van der Waals surface area contributed by atoms with Crippen molar-refractivity contribution in [2.75, 3.05) is 11.3 Å². The number of anilines is 1. The van der Waals surface area contributed by atoms with Gasteiger partial charge in [0, 0.05) is 0 Å². The molecule has 0 unspecified atom stereocenters. The average Bonchev–Trinajstić information content (AvgIpc) is 2.71. The first-order chi connectivity index (χ1) is 13.9. The van der Waals surface area contributed by atoms with Gasteiger partial charge in [0.2, 0.25) is 0 Å². The molecule has 3 aromatic carbocycles. The molecule has 0 heterocycles. The molecule has 3 aromatic rings. The summed E-state index contributed by atoms with van der Waals surface area (Å²) in [6.07, 6.45) is 0. The summed E-state index contributed by atoms with van der Waals surface area (Å²) in [5, 5.41) is 0. The van der Waals surface area contributed by atoms with E-state index < -0.39 is 16.0 Å². The van der Waals surface area contributed by atoms with Crippen molar-refractivity contribution in [1.82, 2.24) is 0 Å². The van der Waals surface area contributed by atoms with Crippen molar-refractivity contribution in [2.24, 2.45) is 0 Å². The third-order valence-electron chi connectivity index (χ3n) is 4.19. The lowest BCUT2D eigenvalue weighted by Crippen LogP contribution is -2.15. The van der Waals surface area contributed by atoms with Crippen molar-refractivity contribution < 1.29 is 22.7 Å². The molecule has 0 amide bonds. The molecule has 0 aromatic heterocycles. The molecule has 0 fully saturated rings. The number of hydrogen-bond donors (Lipinski definition) is 1. The van der Waals surface area contributed by atoms with Gasteiger partial charge in [0.05, 0.1) is 22.8 Å². The molecular weight excluding hydrogens is 390 g/mol. The molecule has 0 aliphatic rings. The Morgan fingerprint density at radius 2 is 1.55 bits per heavy atom. The third-order valence-corrected chi connectivity index (χ3v) is 5.57. The van der Waals surface area contributed by atoms with Gasteiger partial charge in [0.15, 0.2) is 0 Å². The number of ether oxygens (including phenoxy) is 2. The first-order valence-corrected chi connectivity index (χ1v) is 10.5. The molecule has 150 valence electrons. The number of carbonyl (C=O) groups excluding carboxylic acids is 1. The Kier molecular flexibility index (Phi) is 6.19. The molecule has 7 heteroatoms. The van der Waals surface area contributed by atoms with E-state index in [-0.39, 0.29) is 11.5 Å². The fourth-order valence-electron chi connectivity index (χ4n) is 2.69. The predicted molar refractivity (Wildman–Crippen MR) is 111 cm³/mol. The van der Waals surface area contributed by atoms with Crippen molar-refractivity contribution in [3.05, 3.63) is 83.9 Å². The van der Waals surface area contributed by atoms with E-state index >= 15 is 0 Å². The van der Waals surface area contributed by atoms with Crippen molar-refractivity contribution in [3.8, 4) is 11.5 Å². The Morgan fingerprint density at radius 3 is 2.21 bits per heavy atom. The highest BCUT2D eigenvalue weighted by molar-refractivity contribution is 7.92. The van der Waals surface area contributed by atoms with Crippen LogP contribution in [-0.4, -0.2) is 21.0 Å². The molecule has 0 bridgehead atoms. The number of para-hydroxylation sites is 1. The Morgan fingerprint density at radius 1 is 0.897 bits per heavy atom. The number of hydrogen-bond acceptors (Lipinski definition) is 5. The largest absolute Gasteiger partial charge is 0.462 e. The van der Waals surface area contributed by atoms with E-state index in [4.69, 9.17) is 9.47 Å². The highest BCUT2D eigenvalue weighted by atomic mass is 32.2. The van der Waals surface area contributed by atoms with Gasteiger partial charge in [0.1, 0.15) is 11.5 Å². The molecule has 0 spiro atoms. The number of nitrogens with one attached hydrogen (secondary N) is 1. The molecule has 0 radical (unpaired) electrons. The Balaban J connectivity index is 1.79. The number of esters is 1. The summed E-state index contributed by atoms with van der Waals surface area (Å²) in [4.78, 5) is 12.1. The van der Waals surface area contributed by atoms with Crippen molar-refractivity contribution >= 4 is 21.7 Å². The molecule has 6 nitrogen and oxygen atoms in total. The van der Waals surface area contributed by atoms with E-state index in [1.54, 1.807) is 44.2 Å². The van der Waals surface area contributed by atoms with Crippen LogP contribution in [-0.2, 0) is 14.8 Å². The maximum atomic E-state index is 12.8. The van der Waals surface area contributed by atoms with Crippen LogP contribution in [0, 0.1) is 6.92 Å². The van der Waals surface area contributed by atoms with Gasteiger partial charge in [-0.3, -0.25) is 4.72 Å². The lowest BCUT2D eigenvalue weighted by atomic mass is 10.1. The van der Waals surface area contributed by atoms with Crippen LogP contribution in [0.3, 0.4) is 0 Å². The second kappa shape index (κ2) is 8.79. The van der Waals surface area contributed by atoms with Gasteiger partial charge in [0.25, 0.3) is 10.0 Å². The minimum atomic E-state index is -3.84. The number of benzene rings is 3. The summed E-state index contributed by atoms with van der Waals surface area (Å²) < 4.78 is 38.7. The highest BCUT2D eigenvalue weighted by Gasteiger charge is 2.18. The Labute approximate surface area is 170 Å². The minimum absolute atomic E-state index is 0.0823. The molecular formula is C22H21NO5S. The molecule has 1 N–H and O–H groups in total. The molecule has 0 saturated heterocycles. The summed E-state index contributed by atoms with van der Waals surface area (Å²) in [7, 11) is -3.84. The summed E-state index contributed by atoms with van der Waals surface area (Å²) in [5.41, 5.74) is 1.14.